The lowest BCUT2D eigenvalue weighted by molar-refractivity contribution is 0.404. The summed E-state index contributed by atoms with van der Waals surface area (Å²) < 4.78 is 19.6. The Kier molecular flexibility index (Phi) is 4.85. The third kappa shape index (κ3) is 3.17. The molecule has 0 saturated carbocycles. The van der Waals surface area contributed by atoms with E-state index in [4.69, 9.17) is 4.74 Å². The number of phenolic OH excluding ortho intramolecular Hbond substituents is 1. The molecule has 0 fully saturated rings. The summed E-state index contributed by atoms with van der Waals surface area (Å²) in [6.07, 6.45) is 0. The molecule has 0 aliphatic heterocycles. The van der Waals surface area contributed by atoms with Gasteiger partial charge in [-0.2, -0.15) is 0 Å². The maximum absolute atomic E-state index is 13.8. The molecule has 0 saturated heterocycles. The predicted molar refractivity (Wildman–Crippen MR) is 112 cm³/mol. The minimum absolute atomic E-state index is 0.185. The van der Waals surface area contributed by atoms with Gasteiger partial charge in [-0.25, -0.2) is 4.39 Å². The normalized spacial score (nSPS) is 13.1. The van der Waals surface area contributed by atoms with E-state index in [0.29, 0.717) is 0 Å². The summed E-state index contributed by atoms with van der Waals surface area (Å²) in [4.78, 5) is 3.48. The molecule has 0 aliphatic rings. The van der Waals surface area contributed by atoms with E-state index >= 15 is 0 Å². The molecule has 4 aromatic rings. The van der Waals surface area contributed by atoms with Gasteiger partial charge in [-0.05, 0) is 60.5 Å². The Bertz CT molecular complexity index is 1070. The molecule has 4 heteroatoms. The molecule has 3 aromatic carbocycles. The summed E-state index contributed by atoms with van der Waals surface area (Å²) in [5, 5.41) is 9.89. The zero-order valence-electron chi connectivity index (χ0n) is 16.3. The number of aromatic hydroxyl groups is 1. The van der Waals surface area contributed by atoms with E-state index in [1.165, 1.54) is 12.1 Å². The molecule has 0 radical (unpaired) electrons. The Morgan fingerprint density at radius 2 is 1.45 bits per heavy atom. The average molecular weight is 387 g/mol. The summed E-state index contributed by atoms with van der Waals surface area (Å²) in [6, 6.07) is 25.5. The van der Waals surface area contributed by atoms with Crippen molar-refractivity contribution in [3.05, 3.63) is 119 Å². The van der Waals surface area contributed by atoms with Crippen molar-refractivity contribution >= 4 is 0 Å². The van der Waals surface area contributed by atoms with Crippen molar-refractivity contribution in [2.75, 3.05) is 7.11 Å². The summed E-state index contributed by atoms with van der Waals surface area (Å²) >= 11 is 0. The number of aromatic amines is 1. The number of methoxy groups -OCH3 is 1. The molecule has 0 bridgehead atoms. The van der Waals surface area contributed by atoms with Crippen LogP contribution < -0.4 is 4.74 Å². The third-order valence-corrected chi connectivity index (χ3v) is 5.32. The number of aromatic nitrogens is 1. The van der Waals surface area contributed by atoms with Crippen LogP contribution in [0.2, 0.25) is 0 Å². The highest BCUT2D eigenvalue weighted by Gasteiger charge is 2.41. The number of benzene rings is 3. The lowest BCUT2D eigenvalue weighted by Gasteiger charge is -2.36. The SMILES string of the molecule is COc1ccccc1C(c1ccc(O)cc1)(c1ccc(F)cc1)c1ccc(C)[nH]1. The van der Waals surface area contributed by atoms with E-state index < -0.39 is 5.41 Å². The molecule has 1 unspecified atom stereocenters. The van der Waals surface area contributed by atoms with Gasteiger partial charge in [0.1, 0.15) is 17.3 Å². The monoisotopic (exact) mass is 387 g/mol. The molecular weight excluding hydrogens is 365 g/mol. The van der Waals surface area contributed by atoms with Crippen molar-refractivity contribution in [1.29, 1.82) is 0 Å². The number of rotatable bonds is 5. The van der Waals surface area contributed by atoms with Crippen LogP contribution in [0.1, 0.15) is 28.1 Å². The topological polar surface area (TPSA) is 45.2 Å². The number of ether oxygens (including phenoxy) is 1. The van der Waals surface area contributed by atoms with Crippen LogP contribution >= 0.6 is 0 Å². The van der Waals surface area contributed by atoms with Gasteiger partial charge in [-0.1, -0.05) is 42.5 Å². The minimum atomic E-state index is -0.789. The lowest BCUT2D eigenvalue weighted by Crippen LogP contribution is -2.32. The van der Waals surface area contributed by atoms with E-state index in [9.17, 15) is 9.50 Å². The van der Waals surface area contributed by atoms with Gasteiger partial charge in [-0.15, -0.1) is 0 Å². The van der Waals surface area contributed by atoms with Gasteiger partial charge in [-0.3, -0.25) is 0 Å². The van der Waals surface area contributed by atoms with Crippen LogP contribution in [-0.2, 0) is 5.41 Å². The Morgan fingerprint density at radius 3 is 2.03 bits per heavy atom. The van der Waals surface area contributed by atoms with Crippen LogP contribution in [0, 0.1) is 12.7 Å². The number of phenols is 1. The molecule has 3 nitrogen and oxygen atoms in total. The van der Waals surface area contributed by atoms with Gasteiger partial charge < -0.3 is 14.8 Å². The smallest absolute Gasteiger partial charge is 0.123 e. The number of H-pyrrole nitrogens is 1. The van der Waals surface area contributed by atoms with Crippen LogP contribution in [0.4, 0.5) is 4.39 Å². The second-order valence-corrected chi connectivity index (χ2v) is 7.06. The molecule has 4 rings (SSSR count). The third-order valence-electron chi connectivity index (χ3n) is 5.32. The van der Waals surface area contributed by atoms with Crippen molar-refractivity contribution in [3.63, 3.8) is 0 Å². The first-order valence-electron chi connectivity index (χ1n) is 9.41. The second-order valence-electron chi connectivity index (χ2n) is 7.06. The fourth-order valence-corrected chi connectivity index (χ4v) is 4.02. The highest BCUT2D eigenvalue weighted by atomic mass is 19.1. The van der Waals surface area contributed by atoms with Crippen molar-refractivity contribution in [1.82, 2.24) is 4.98 Å². The molecule has 1 heterocycles. The zero-order valence-corrected chi connectivity index (χ0v) is 16.3. The number of hydrogen-bond acceptors (Lipinski definition) is 2. The van der Waals surface area contributed by atoms with Crippen molar-refractivity contribution < 1.29 is 14.2 Å². The van der Waals surface area contributed by atoms with E-state index in [-0.39, 0.29) is 11.6 Å². The van der Waals surface area contributed by atoms with Crippen molar-refractivity contribution in [2.45, 2.75) is 12.3 Å². The van der Waals surface area contributed by atoms with E-state index in [1.54, 1.807) is 31.4 Å². The maximum atomic E-state index is 13.8. The predicted octanol–water partition coefficient (Wildman–Crippen LogP) is 5.56. The lowest BCUT2D eigenvalue weighted by atomic mass is 9.67. The number of nitrogens with one attached hydrogen (secondary N) is 1. The van der Waals surface area contributed by atoms with Crippen LogP contribution in [-0.4, -0.2) is 17.2 Å². The summed E-state index contributed by atoms with van der Waals surface area (Å²) in [6.45, 7) is 2.00. The van der Waals surface area contributed by atoms with Gasteiger partial charge in [0.25, 0.3) is 0 Å². The number of aryl methyl sites for hydroxylation is 1. The van der Waals surface area contributed by atoms with Gasteiger partial charge in [0.2, 0.25) is 0 Å². The fraction of sp³-hybridized carbons (Fsp3) is 0.120. The van der Waals surface area contributed by atoms with Crippen LogP contribution in [0.3, 0.4) is 0 Å². The Hall–Kier alpha value is -3.53. The van der Waals surface area contributed by atoms with Gasteiger partial charge in [0.05, 0.1) is 12.5 Å². The van der Waals surface area contributed by atoms with E-state index in [1.807, 2.05) is 55.5 Å². The van der Waals surface area contributed by atoms with E-state index in [0.717, 1.165) is 33.8 Å². The Labute approximate surface area is 169 Å². The highest BCUT2D eigenvalue weighted by molar-refractivity contribution is 5.62. The molecule has 0 amide bonds. The van der Waals surface area contributed by atoms with Gasteiger partial charge >= 0.3 is 0 Å². The minimum Gasteiger partial charge on any atom is -0.508 e. The van der Waals surface area contributed by atoms with Crippen molar-refractivity contribution in [3.8, 4) is 11.5 Å². The van der Waals surface area contributed by atoms with E-state index in [2.05, 4.69) is 4.98 Å². The number of halogens is 1. The summed E-state index contributed by atoms with van der Waals surface area (Å²) in [7, 11) is 1.64. The van der Waals surface area contributed by atoms with Gasteiger partial charge in [0, 0.05) is 17.0 Å². The Balaban J connectivity index is 2.16. The average Bonchev–Trinajstić information content (AvgIpc) is 3.18. The molecular formula is C25H22FNO2. The molecule has 29 heavy (non-hydrogen) atoms. The largest absolute Gasteiger partial charge is 0.508 e. The van der Waals surface area contributed by atoms with Crippen LogP contribution in [0.15, 0.2) is 84.9 Å². The first kappa shape index (κ1) is 18.8. The van der Waals surface area contributed by atoms with Crippen LogP contribution in [0.5, 0.6) is 11.5 Å². The quantitative estimate of drug-likeness (QED) is 0.441. The standard InChI is InChI=1S/C25H22FNO2/c1-17-7-16-24(27-17)25(18-8-12-20(26)13-9-18,19-10-14-21(28)15-11-19)22-5-3-4-6-23(22)29-2/h3-16,27-28H,1-2H3. The van der Waals surface area contributed by atoms with Crippen molar-refractivity contribution in [2.24, 2.45) is 0 Å². The highest BCUT2D eigenvalue weighted by Crippen LogP contribution is 2.48. The number of hydrogen-bond donors (Lipinski definition) is 2. The fourth-order valence-electron chi connectivity index (χ4n) is 4.02. The molecule has 146 valence electrons. The summed E-state index contributed by atoms with van der Waals surface area (Å²) in [5.41, 5.74) is 3.88. The number of para-hydroxylation sites is 1. The molecule has 0 spiro atoms. The first-order chi connectivity index (χ1) is 14.1. The van der Waals surface area contributed by atoms with Crippen LogP contribution in [0.25, 0.3) is 0 Å². The molecule has 0 aliphatic carbocycles. The molecule has 2 N–H and O–H groups in total. The maximum Gasteiger partial charge on any atom is 0.123 e. The second kappa shape index (κ2) is 7.47. The molecule has 1 aromatic heterocycles. The zero-order chi connectivity index (χ0) is 20.4. The van der Waals surface area contributed by atoms with Gasteiger partial charge in [0.15, 0.2) is 0 Å². The summed E-state index contributed by atoms with van der Waals surface area (Å²) in [5.74, 6) is 0.609. The first-order valence-corrected chi connectivity index (χ1v) is 9.41. The molecule has 1 atom stereocenters. The Morgan fingerprint density at radius 1 is 0.828 bits per heavy atom.